The average molecular weight is 357 g/mol. The Kier molecular flexibility index (Phi) is 5.71. The van der Waals surface area contributed by atoms with Crippen LogP contribution in [0.3, 0.4) is 0 Å². The first-order valence-electron chi connectivity index (χ1n) is 8.50. The van der Waals surface area contributed by atoms with Crippen LogP contribution in [0.15, 0.2) is 54.6 Å². The number of halogens is 1. The number of rotatable bonds is 4. The molecule has 2 aromatic rings. The van der Waals surface area contributed by atoms with E-state index in [-0.39, 0.29) is 17.7 Å². The Morgan fingerprint density at radius 1 is 1.12 bits per heavy atom. The summed E-state index contributed by atoms with van der Waals surface area (Å²) in [4.78, 5) is 26.8. The van der Waals surface area contributed by atoms with E-state index in [0.717, 1.165) is 18.4 Å². The zero-order valence-corrected chi connectivity index (χ0v) is 14.7. The van der Waals surface area contributed by atoms with Crippen molar-refractivity contribution in [2.75, 3.05) is 13.1 Å². The first-order chi connectivity index (χ1) is 12.1. The number of nitrogens with zero attached hydrogens (tertiary/aromatic N) is 1. The predicted octanol–water partition coefficient (Wildman–Crippen LogP) is 3.51. The normalized spacial score (nSPS) is 17.2. The van der Waals surface area contributed by atoms with Crippen molar-refractivity contribution in [1.82, 2.24) is 10.2 Å². The summed E-state index contributed by atoms with van der Waals surface area (Å²) in [7, 11) is 0. The van der Waals surface area contributed by atoms with Crippen molar-refractivity contribution in [3.8, 4) is 0 Å². The highest BCUT2D eigenvalue weighted by atomic mass is 35.5. The van der Waals surface area contributed by atoms with Crippen LogP contribution in [0.25, 0.3) is 0 Å². The van der Waals surface area contributed by atoms with E-state index < -0.39 is 0 Å². The summed E-state index contributed by atoms with van der Waals surface area (Å²) in [5.74, 6) is -0.226. The van der Waals surface area contributed by atoms with E-state index in [0.29, 0.717) is 30.2 Å². The molecule has 1 saturated heterocycles. The van der Waals surface area contributed by atoms with Crippen LogP contribution in [0.5, 0.6) is 0 Å². The van der Waals surface area contributed by atoms with Crippen LogP contribution in [0.2, 0.25) is 5.02 Å². The van der Waals surface area contributed by atoms with Gasteiger partial charge in [-0.1, -0.05) is 48.0 Å². The second-order valence-corrected chi connectivity index (χ2v) is 6.74. The molecule has 4 nitrogen and oxygen atoms in total. The molecule has 25 heavy (non-hydrogen) atoms. The number of likely N-dealkylation sites (tertiary alicyclic amines) is 1. The summed E-state index contributed by atoms with van der Waals surface area (Å²) in [6.45, 7) is 1.64. The van der Waals surface area contributed by atoms with E-state index >= 15 is 0 Å². The lowest BCUT2D eigenvalue weighted by atomic mass is 9.96. The quantitative estimate of drug-likeness (QED) is 0.911. The van der Waals surface area contributed by atoms with Crippen LogP contribution in [0.4, 0.5) is 0 Å². The molecule has 0 saturated carbocycles. The second kappa shape index (κ2) is 8.17. The van der Waals surface area contributed by atoms with Crippen molar-refractivity contribution in [2.45, 2.75) is 19.4 Å². The zero-order valence-electron chi connectivity index (χ0n) is 14.0. The number of hydrogen-bond donors (Lipinski definition) is 1. The average Bonchev–Trinajstić information content (AvgIpc) is 2.66. The van der Waals surface area contributed by atoms with Crippen molar-refractivity contribution < 1.29 is 9.59 Å². The van der Waals surface area contributed by atoms with Crippen LogP contribution < -0.4 is 5.32 Å². The molecule has 130 valence electrons. The summed E-state index contributed by atoms with van der Waals surface area (Å²) in [5.41, 5.74) is 1.64. The fourth-order valence-electron chi connectivity index (χ4n) is 3.11. The molecule has 1 atom stereocenters. The zero-order chi connectivity index (χ0) is 17.6. The standard InChI is InChI=1S/C20H21ClN2O2/c21-18-10-4-8-16(12-18)20(25)23-11-5-9-17(14-23)19(24)22-13-15-6-2-1-3-7-15/h1-4,6-8,10,12,17H,5,9,11,13-14H2,(H,22,24)/t17-/m1/s1. The number of hydrogen-bond acceptors (Lipinski definition) is 2. The molecule has 1 fully saturated rings. The molecule has 0 spiro atoms. The maximum absolute atomic E-state index is 12.6. The molecule has 0 bridgehead atoms. The number of carbonyl (C=O) groups is 2. The molecule has 3 rings (SSSR count). The molecule has 0 radical (unpaired) electrons. The fraction of sp³-hybridized carbons (Fsp3) is 0.300. The van der Waals surface area contributed by atoms with E-state index in [4.69, 9.17) is 11.6 Å². The van der Waals surface area contributed by atoms with Crippen molar-refractivity contribution in [3.05, 3.63) is 70.7 Å². The van der Waals surface area contributed by atoms with Gasteiger partial charge < -0.3 is 10.2 Å². The largest absolute Gasteiger partial charge is 0.352 e. The van der Waals surface area contributed by atoms with E-state index in [2.05, 4.69) is 5.32 Å². The fourth-order valence-corrected chi connectivity index (χ4v) is 3.30. The number of benzene rings is 2. The highest BCUT2D eigenvalue weighted by molar-refractivity contribution is 6.30. The maximum atomic E-state index is 12.6. The molecule has 1 aliphatic heterocycles. The van der Waals surface area contributed by atoms with Gasteiger partial charge in [0.2, 0.25) is 5.91 Å². The Labute approximate surface area is 152 Å². The van der Waals surface area contributed by atoms with Gasteiger partial charge in [0, 0.05) is 30.2 Å². The number of piperidine rings is 1. The first kappa shape index (κ1) is 17.5. The summed E-state index contributed by atoms with van der Waals surface area (Å²) in [6.07, 6.45) is 1.63. The summed E-state index contributed by atoms with van der Waals surface area (Å²) < 4.78 is 0. The number of nitrogens with one attached hydrogen (secondary N) is 1. The monoisotopic (exact) mass is 356 g/mol. The van der Waals surface area contributed by atoms with Crippen molar-refractivity contribution in [2.24, 2.45) is 5.92 Å². The van der Waals surface area contributed by atoms with Gasteiger partial charge in [0.1, 0.15) is 0 Å². The Morgan fingerprint density at radius 2 is 1.92 bits per heavy atom. The lowest BCUT2D eigenvalue weighted by molar-refractivity contribution is -0.126. The molecule has 0 aromatic heterocycles. The third kappa shape index (κ3) is 4.60. The van der Waals surface area contributed by atoms with E-state index in [1.165, 1.54) is 0 Å². The van der Waals surface area contributed by atoms with Crippen molar-refractivity contribution in [3.63, 3.8) is 0 Å². The highest BCUT2D eigenvalue weighted by Crippen LogP contribution is 2.20. The van der Waals surface area contributed by atoms with Crippen molar-refractivity contribution >= 4 is 23.4 Å². The highest BCUT2D eigenvalue weighted by Gasteiger charge is 2.28. The molecule has 2 aromatic carbocycles. The van der Waals surface area contributed by atoms with Gasteiger partial charge in [0.05, 0.1) is 5.92 Å². The number of amides is 2. The van der Waals surface area contributed by atoms with Crippen molar-refractivity contribution in [1.29, 1.82) is 0 Å². The molecule has 0 aliphatic carbocycles. The van der Waals surface area contributed by atoms with Gasteiger partial charge in [-0.15, -0.1) is 0 Å². The molecule has 2 amide bonds. The molecule has 1 N–H and O–H groups in total. The second-order valence-electron chi connectivity index (χ2n) is 6.30. The molecule has 1 aliphatic rings. The van der Waals surface area contributed by atoms with Gasteiger partial charge in [-0.3, -0.25) is 9.59 Å². The summed E-state index contributed by atoms with van der Waals surface area (Å²) in [5, 5.41) is 3.52. The Morgan fingerprint density at radius 3 is 2.68 bits per heavy atom. The maximum Gasteiger partial charge on any atom is 0.253 e. The summed E-state index contributed by atoms with van der Waals surface area (Å²) in [6, 6.07) is 16.8. The smallest absolute Gasteiger partial charge is 0.253 e. The molecule has 1 heterocycles. The summed E-state index contributed by atoms with van der Waals surface area (Å²) >= 11 is 5.97. The third-order valence-electron chi connectivity index (χ3n) is 4.46. The van der Waals surface area contributed by atoms with Crippen LogP contribution in [0.1, 0.15) is 28.8 Å². The Balaban J connectivity index is 1.58. The van der Waals surface area contributed by atoms with Gasteiger partial charge in [-0.25, -0.2) is 0 Å². The predicted molar refractivity (Wildman–Crippen MR) is 98.4 cm³/mol. The molecular formula is C20H21ClN2O2. The van der Waals surface area contributed by atoms with Gasteiger partial charge in [-0.05, 0) is 36.6 Å². The third-order valence-corrected chi connectivity index (χ3v) is 4.70. The Hall–Kier alpha value is -2.33. The number of carbonyl (C=O) groups excluding carboxylic acids is 2. The minimum absolute atomic E-state index is 0.00690. The van der Waals surface area contributed by atoms with Gasteiger partial charge in [-0.2, -0.15) is 0 Å². The SMILES string of the molecule is O=C(NCc1ccccc1)[C@@H]1CCCN(C(=O)c2cccc(Cl)c2)C1. The van der Waals surface area contributed by atoms with E-state index in [1.54, 1.807) is 29.2 Å². The Bertz CT molecular complexity index is 748. The van der Waals surface area contributed by atoms with Crippen LogP contribution in [-0.4, -0.2) is 29.8 Å². The van der Waals surface area contributed by atoms with Crippen LogP contribution >= 0.6 is 11.6 Å². The van der Waals surface area contributed by atoms with Crippen LogP contribution in [-0.2, 0) is 11.3 Å². The molecule has 0 unspecified atom stereocenters. The lowest BCUT2D eigenvalue weighted by Gasteiger charge is -2.32. The topological polar surface area (TPSA) is 49.4 Å². The van der Waals surface area contributed by atoms with E-state index in [9.17, 15) is 9.59 Å². The lowest BCUT2D eigenvalue weighted by Crippen LogP contribution is -2.45. The molecule has 5 heteroatoms. The van der Waals surface area contributed by atoms with Crippen LogP contribution in [0, 0.1) is 5.92 Å². The first-order valence-corrected chi connectivity index (χ1v) is 8.88. The van der Waals surface area contributed by atoms with Gasteiger partial charge in [0.25, 0.3) is 5.91 Å². The van der Waals surface area contributed by atoms with E-state index in [1.807, 2.05) is 30.3 Å². The minimum Gasteiger partial charge on any atom is -0.352 e. The minimum atomic E-state index is -0.166. The van der Waals surface area contributed by atoms with Gasteiger partial charge >= 0.3 is 0 Å². The molecular weight excluding hydrogens is 336 g/mol. The van der Waals surface area contributed by atoms with Gasteiger partial charge in [0.15, 0.2) is 0 Å².